The molecule has 1 atom stereocenters. The molecule has 0 radical (unpaired) electrons. The van der Waals surface area contributed by atoms with Crippen molar-refractivity contribution in [2.75, 3.05) is 0 Å². The number of hydrogen-bond donors (Lipinski definition) is 0. The van der Waals surface area contributed by atoms with Gasteiger partial charge in [0.15, 0.2) is 0 Å². The van der Waals surface area contributed by atoms with Crippen molar-refractivity contribution in [3.05, 3.63) is 148 Å². The van der Waals surface area contributed by atoms with Crippen LogP contribution in [0.3, 0.4) is 0 Å². The van der Waals surface area contributed by atoms with Crippen LogP contribution in [0.5, 0.6) is 0 Å². The standard InChI is InChI=1S/C25H25.2C10H13.C7H9.CH2.2ClH.Zr/c1-14-12-24(3,4)22-8-16-7-17-9-23-19(15(2)13-25(23,5)6)11-21(17)20(16)10-18(14)22;2*1-10(2,3)9-7-5-4-6-8-9;1-6-3-4-7(2)5-6;;;;/h8-12H,7H2,1-6H3;2*5-8H,1-3H3;3,5,7H,1-2H3;1H2;2*1H;. The maximum atomic E-state index is 5.92. The molecule has 0 saturated carbocycles. The molecule has 8 rings (SSSR count). The molecule has 1 unspecified atom stereocenters. The van der Waals surface area contributed by atoms with E-state index in [4.69, 9.17) is 4.21 Å². The number of allylic oxidation sites excluding steroid dienone is 8. The molecule has 0 amide bonds. The van der Waals surface area contributed by atoms with E-state index >= 15 is 0 Å². The van der Waals surface area contributed by atoms with Gasteiger partial charge in [0, 0.05) is 0 Å². The van der Waals surface area contributed by atoms with Crippen molar-refractivity contribution in [3.8, 4) is 11.1 Å². The monoisotopic (exact) mass is 860 g/mol. The van der Waals surface area contributed by atoms with Crippen LogP contribution in [0.2, 0.25) is 0 Å². The van der Waals surface area contributed by atoms with Gasteiger partial charge in [0.2, 0.25) is 0 Å². The van der Waals surface area contributed by atoms with Gasteiger partial charge in [-0.05, 0) is 0 Å². The number of hydrogen-bond acceptors (Lipinski definition) is 0. The van der Waals surface area contributed by atoms with Crippen LogP contribution in [0.15, 0.2) is 103 Å². The van der Waals surface area contributed by atoms with Crippen LogP contribution in [0, 0.1) is 5.92 Å². The summed E-state index contributed by atoms with van der Waals surface area (Å²) < 4.78 is 12.0. The SMILES string of the molecule is Cl.Cl.[CH2]=[Zr]([C]1=CC(C)=CC1C)([C]1=C(C)c2cc3c(cc2C1(C)C)Cc1cc2c(cc1-3)C(C)=CC2(C)C)([c]1ccc(C(C)(C)C)cc1)[c]1ccc(C(C)(C)C)cc1. The second-order valence-corrected chi connectivity index (χ2v) is 33.5. The second kappa shape index (κ2) is 13.3. The number of benzene rings is 4. The van der Waals surface area contributed by atoms with Crippen LogP contribution >= 0.6 is 24.8 Å². The Bertz CT molecular complexity index is 2430. The second-order valence-electron chi connectivity index (χ2n) is 20.9. The number of halogens is 2. The predicted octanol–water partition coefficient (Wildman–Crippen LogP) is 13.7. The first-order chi connectivity index (χ1) is 25.0. The van der Waals surface area contributed by atoms with Crippen LogP contribution < -0.4 is 6.54 Å². The van der Waals surface area contributed by atoms with Crippen molar-refractivity contribution >= 4 is 46.7 Å². The van der Waals surface area contributed by atoms with E-state index in [-0.39, 0.29) is 46.5 Å². The molecule has 4 aromatic carbocycles. The summed E-state index contributed by atoms with van der Waals surface area (Å²) >= 11 is -5.02. The fourth-order valence-corrected chi connectivity index (χ4v) is 30.8. The minimum atomic E-state index is -5.02. The predicted molar refractivity (Wildman–Crippen MR) is 249 cm³/mol. The van der Waals surface area contributed by atoms with Crippen LogP contribution in [-0.2, 0) is 46.4 Å². The quantitative estimate of drug-likeness (QED) is 0.169. The average Bonchev–Trinajstić information content (AvgIpc) is 3.75. The summed E-state index contributed by atoms with van der Waals surface area (Å²) in [5, 5.41) is 0. The Morgan fingerprint density at radius 3 is 1.55 bits per heavy atom. The molecule has 0 spiro atoms. The van der Waals surface area contributed by atoms with Gasteiger partial charge in [0.1, 0.15) is 0 Å². The maximum absolute atomic E-state index is 5.92. The van der Waals surface area contributed by atoms with E-state index < -0.39 is 18.3 Å². The summed E-state index contributed by atoms with van der Waals surface area (Å²) in [6.45, 7) is 33.2. The van der Waals surface area contributed by atoms with Crippen molar-refractivity contribution in [1.82, 2.24) is 0 Å². The van der Waals surface area contributed by atoms with Crippen LogP contribution in [0.1, 0.15) is 141 Å². The van der Waals surface area contributed by atoms with Crippen molar-refractivity contribution in [3.63, 3.8) is 0 Å². The molecule has 0 aliphatic heterocycles. The first-order valence-corrected chi connectivity index (χ1v) is 27.1. The van der Waals surface area contributed by atoms with E-state index in [9.17, 15) is 0 Å². The van der Waals surface area contributed by atoms with Gasteiger partial charge >= 0.3 is 330 Å². The molecule has 4 aliphatic carbocycles. The minimum absolute atomic E-state index is 0. The van der Waals surface area contributed by atoms with E-state index in [2.05, 4.69) is 188 Å². The third-order valence-electron chi connectivity index (χ3n) is 14.3. The molecular formula is C53H64Cl2Zr. The zero-order chi connectivity index (χ0) is 39.2. The van der Waals surface area contributed by atoms with Crippen LogP contribution in [0.4, 0.5) is 0 Å². The molecule has 0 saturated heterocycles. The molecule has 0 fully saturated rings. The molecule has 4 aliphatic rings. The van der Waals surface area contributed by atoms with E-state index in [0.29, 0.717) is 5.92 Å². The molecule has 0 heterocycles. The van der Waals surface area contributed by atoms with Gasteiger partial charge in [-0.15, -0.1) is 24.8 Å². The van der Waals surface area contributed by atoms with Gasteiger partial charge in [0.25, 0.3) is 0 Å². The first kappa shape index (κ1) is 42.8. The fraction of sp³-hybridized carbons (Fsp3) is 0.377. The van der Waals surface area contributed by atoms with Crippen molar-refractivity contribution < 1.29 is 18.3 Å². The molecule has 3 heteroatoms. The van der Waals surface area contributed by atoms with Gasteiger partial charge in [-0.1, -0.05) is 0 Å². The molecule has 56 heavy (non-hydrogen) atoms. The Labute approximate surface area is 352 Å². The summed E-state index contributed by atoms with van der Waals surface area (Å²) in [6.07, 6.45) is 8.51. The first-order valence-electron chi connectivity index (χ1n) is 20.4. The van der Waals surface area contributed by atoms with E-state index in [0.717, 1.165) is 6.42 Å². The summed E-state index contributed by atoms with van der Waals surface area (Å²) in [4.78, 5) is 0. The Hall–Kier alpha value is -2.83. The molecule has 0 nitrogen and oxygen atoms in total. The molecule has 4 aromatic rings. The normalized spacial score (nSPS) is 19.3. The third kappa shape index (κ3) is 5.87. The van der Waals surface area contributed by atoms with Crippen molar-refractivity contribution in [1.29, 1.82) is 0 Å². The van der Waals surface area contributed by atoms with E-state index in [1.165, 1.54) is 78.9 Å². The third-order valence-corrected chi connectivity index (χ3v) is 32.0. The molecule has 0 aromatic heterocycles. The van der Waals surface area contributed by atoms with Gasteiger partial charge < -0.3 is 0 Å². The van der Waals surface area contributed by atoms with Crippen molar-refractivity contribution in [2.45, 2.75) is 125 Å². The molecule has 0 bridgehead atoms. The summed E-state index contributed by atoms with van der Waals surface area (Å²) in [6, 6.07) is 30.0. The summed E-state index contributed by atoms with van der Waals surface area (Å²) in [5.41, 5.74) is 18.6. The van der Waals surface area contributed by atoms with E-state index in [1.807, 2.05) is 0 Å². The zero-order valence-corrected chi connectivity index (χ0v) is 40.6. The topological polar surface area (TPSA) is 0 Å². The summed E-state index contributed by atoms with van der Waals surface area (Å²) in [5.74, 6) is 0.303. The molecule has 294 valence electrons. The van der Waals surface area contributed by atoms with Gasteiger partial charge in [-0.25, -0.2) is 0 Å². The number of fused-ring (bicyclic) bond motifs is 5. The fourth-order valence-electron chi connectivity index (χ4n) is 11.7. The molecular weight excluding hydrogens is 799 g/mol. The molecule has 0 N–H and O–H groups in total. The Morgan fingerprint density at radius 2 is 1.11 bits per heavy atom. The Balaban J connectivity index is 0.00000266. The zero-order valence-electron chi connectivity index (χ0n) is 36.5. The number of rotatable bonds is 4. The van der Waals surface area contributed by atoms with E-state index in [1.54, 1.807) is 6.56 Å². The van der Waals surface area contributed by atoms with Crippen LogP contribution in [0.25, 0.3) is 22.3 Å². The Kier molecular flexibility index (Phi) is 10.2. The van der Waals surface area contributed by atoms with Crippen LogP contribution in [-0.4, -0.2) is 4.21 Å². The van der Waals surface area contributed by atoms with Gasteiger partial charge in [0.05, 0.1) is 0 Å². The van der Waals surface area contributed by atoms with Gasteiger partial charge in [-0.2, -0.15) is 0 Å². The Morgan fingerprint density at radius 1 is 0.643 bits per heavy atom. The van der Waals surface area contributed by atoms with Crippen molar-refractivity contribution in [2.24, 2.45) is 5.92 Å². The average molecular weight is 863 g/mol. The summed E-state index contributed by atoms with van der Waals surface area (Å²) in [7, 11) is 0. The van der Waals surface area contributed by atoms with Gasteiger partial charge in [-0.3, -0.25) is 0 Å².